The van der Waals surface area contributed by atoms with Crippen molar-refractivity contribution < 1.29 is 14.1 Å². The molecule has 0 aromatic heterocycles. The third-order valence-electron chi connectivity index (χ3n) is 8.35. The summed E-state index contributed by atoms with van der Waals surface area (Å²) >= 11 is 0. The molecular weight excluding hydrogens is 422 g/mol. The van der Waals surface area contributed by atoms with E-state index in [9.17, 15) is 4.79 Å². The Bertz CT molecular complexity index is 793. The van der Waals surface area contributed by atoms with E-state index in [1.165, 1.54) is 5.56 Å². The second-order valence-electron chi connectivity index (χ2n) is 11.8. The Kier molecular flexibility index (Phi) is 9.04. The van der Waals surface area contributed by atoms with Crippen LogP contribution < -0.4 is 0 Å². The van der Waals surface area contributed by atoms with E-state index in [0.29, 0.717) is 6.54 Å². The number of quaternary nitrogens is 1. The van der Waals surface area contributed by atoms with E-state index in [1.54, 1.807) is 0 Å². The van der Waals surface area contributed by atoms with Gasteiger partial charge in [0.2, 0.25) is 5.91 Å². The summed E-state index contributed by atoms with van der Waals surface area (Å²) in [5, 5.41) is 2.05. The second-order valence-corrected chi connectivity index (χ2v) is 11.8. The van der Waals surface area contributed by atoms with Crippen LogP contribution in [0, 0.1) is 0 Å². The first-order valence-corrected chi connectivity index (χ1v) is 13.5. The number of hydroxylamine groups is 2. The molecule has 1 fully saturated rings. The van der Waals surface area contributed by atoms with Crippen molar-refractivity contribution in [2.75, 3.05) is 26.2 Å². The Balaban J connectivity index is 2.31. The molecule has 34 heavy (non-hydrogen) atoms. The molecule has 0 N–H and O–H groups in total. The molecule has 0 spiro atoms. The largest absolute Gasteiger partial charge is 0.334 e. The van der Waals surface area contributed by atoms with Crippen molar-refractivity contribution in [3.05, 3.63) is 35.4 Å². The van der Waals surface area contributed by atoms with Gasteiger partial charge in [-0.3, -0.25) is 9.63 Å². The normalized spacial score (nSPS) is 20.0. The summed E-state index contributed by atoms with van der Waals surface area (Å²) in [6, 6.07) is 8.92. The van der Waals surface area contributed by atoms with Crippen molar-refractivity contribution in [3.8, 4) is 0 Å². The number of rotatable bonds is 10. The molecule has 2 rings (SSSR count). The van der Waals surface area contributed by atoms with E-state index in [2.05, 4.69) is 110 Å². The Morgan fingerprint density at radius 3 is 1.88 bits per heavy atom. The van der Waals surface area contributed by atoms with Crippen LogP contribution in [0.4, 0.5) is 0 Å². The molecule has 1 heterocycles. The zero-order valence-corrected chi connectivity index (χ0v) is 24.0. The molecule has 1 atom stereocenters. The van der Waals surface area contributed by atoms with Crippen molar-refractivity contribution in [1.82, 2.24) is 9.96 Å². The first-order chi connectivity index (χ1) is 15.8. The average molecular weight is 475 g/mol. The monoisotopic (exact) mass is 474 g/mol. The molecule has 0 saturated carbocycles. The lowest BCUT2D eigenvalue weighted by atomic mass is 9.80. The minimum absolute atomic E-state index is 0.137. The number of hydrogen-bond acceptors (Lipinski definition) is 3. The van der Waals surface area contributed by atoms with Crippen LogP contribution in [0.15, 0.2) is 24.3 Å². The second kappa shape index (κ2) is 10.7. The van der Waals surface area contributed by atoms with Crippen LogP contribution >= 0.6 is 0 Å². The molecular formula is C29H52N3O2+. The molecule has 5 nitrogen and oxygen atoms in total. The maximum absolute atomic E-state index is 13.8. The maximum atomic E-state index is 13.8. The van der Waals surface area contributed by atoms with Gasteiger partial charge in [0, 0.05) is 17.6 Å². The molecule has 0 radical (unpaired) electrons. The molecule has 1 saturated heterocycles. The summed E-state index contributed by atoms with van der Waals surface area (Å²) < 4.78 is 1.11. The molecule has 1 aromatic rings. The summed E-state index contributed by atoms with van der Waals surface area (Å²) in [5.74, 6) is 0.180. The van der Waals surface area contributed by atoms with E-state index < -0.39 is 5.54 Å². The van der Waals surface area contributed by atoms with E-state index in [-0.39, 0.29) is 23.1 Å². The van der Waals surface area contributed by atoms with Crippen molar-refractivity contribution in [2.45, 2.75) is 118 Å². The van der Waals surface area contributed by atoms with Gasteiger partial charge in [0.25, 0.3) is 0 Å². The summed E-state index contributed by atoms with van der Waals surface area (Å²) in [6.45, 7) is 29.1. The van der Waals surface area contributed by atoms with Crippen molar-refractivity contribution in [2.24, 2.45) is 0 Å². The highest BCUT2D eigenvalue weighted by Crippen LogP contribution is 2.42. The molecule has 194 valence electrons. The van der Waals surface area contributed by atoms with Gasteiger partial charge in [0.05, 0.1) is 25.2 Å². The predicted molar refractivity (Wildman–Crippen MR) is 142 cm³/mol. The topological polar surface area (TPSA) is 32.8 Å². The molecule has 1 aliphatic heterocycles. The highest BCUT2D eigenvalue weighted by atomic mass is 16.7. The molecule has 1 aliphatic rings. The van der Waals surface area contributed by atoms with Gasteiger partial charge in [0.15, 0.2) is 0 Å². The molecule has 1 unspecified atom stereocenters. The van der Waals surface area contributed by atoms with Crippen molar-refractivity contribution >= 4 is 5.91 Å². The molecule has 5 heteroatoms. The number of carbonyl (C=O) groups is 1. The molecule has 0 aliphatic carbocycles. The fourth-order valence-corrected chi connectivity index (χ4v) is 5.57. The van der Waals surface area contributed by atoms with Crippen LogP contribution in [-0.4, -0.2) is 63.1 Å². The zero-order chi connectivity index (χ0) is 25.9. The number of piperazine rings is 1. The first-order valence-electron chi connectivity index (χ1n) is 13.5. The average Bonchev–Trinajstić information content (AvgIpc) is 2.80. The molecule has 1 aromatic carbocycles. The van der Waals surface area contributed by atoms with Gasteiger partial charge in [-0.2, -0.15) is 5.06 Å². The van der Waals surface area contributed by atoms with Crippen LogP contribution in [0.3, 0.4) is 0 Å². The quantitative estimate of drug-likeness (QED) is 0.371. The van der Waals surface area contributed by atoms with Gasteiger partial charge in [-0.1, -0.05) is 38.1 Å². The SMILES string of the molecule is CCC1(CC)C(=O)N(C(C)(C)C)CC(C)(C)N1OC(C)c1ccc(C[N+](CC)(CC)CC)cc1. The number of benzene rings is 1. The summed E-state index contributed by atoms with van der Waals surface area (Å²) in [7, 11) is 0. The minimum atomic E-state index is -0.663. The van der Waals surface area contributed by atoms with E-state index in [0.717, 1.165) is 49.1 Å². The van der Waals surface area contributed by atoms with E-state index >= 15 is 0 Å². The van der Waals surface area contributed by atoms with Gasteiger partial charge < -0.3 is 9.38 Å². The lowest BCUT2D eigenvalue weighted by Crippen LogP contribution is -2.75. The van der Waals surface area contributed by atoms with Crippen LogP contribution in [-0.2, 0) is 16.2 Å². The lowest BCUT2D eigenvalue weighted by molar-refractivity contribution is -0.936. The van der Waals surface area contributed by atoms with E-state index in [1.807, 2.05) is 0 Å². The van der Waals surface area contributed by atoms with Gasteiger partial charge in [-0.05, 0) is 80.7 Å². The number of amides is 1. The van der Waals surface area contributed by atoms with Gasteiger partial charge in [-0.15, -0.1) is 0 Å². The standard InChI is InChI=1S/C29H52N3O2/c1-12-29(13-2)26(33)30(27(7,8)9)22-28(10,11)31(29)34-23(6)25-19-17-24(18-20-25)21-32(14-3,15-4)16-5/h17-20,23H,12-16,21-22H2,1-11H3/q+1. The first kappa shape index (κ1) is 28.8. The number of nitrogens with zero attached hydrogens (tertiary/aromatic N) is 3. The van der Waals surface area contributed by atoms with E-state index in [4.69, 9.17) is 4.84 Å². The fraction of sp³-hybridized carbons (Fsp3) is 0.759. The predicted octanol–water partition coefficient (Wildman–Crippen LogP) is 6.34. The van der Waals surface area contributed by atoms with Gasteiger partial charge >= 0.3 is 0 Å². The van der Waals surface area contributed by atoms with Crippen LogP contribution in [0.5, 0.6) is 0 Å². The highest BCUT2D eigenvalue weighted by molar-refractivity contribution is 5.88. The molecule has 0 bridgehead atoms. The smallest absolute Gasteiger partial charge is 0.245 e. The number of hydrogen-bond donors (Lipinski definition) is 0. The summed E-state index contributed by atoms with van der Waals surface area (Å²) in [5.41, 5.74) is 1.33. The summed E-state index contributed by atoms with van der Waals surface area (Å²) in [6.07, 6.45) is 1.30. The van der Waals surface area contributed by atoms with Crippen LogP contribution in [0.25, 0.3) is 0 Å². The van der Waals surface area contributed by atoms with Crippen LogP contribution in [0.2, 0.25) is 0 Å². The lowest BCUT2D eigenvalue weighted by Gasteiger charge is -2.59. The van der Waals surface area contributed by atoms with Crippen molar-refractivity contribution in [3.63, 3.8) is 0 Å². The Labute approximate surface area is 210 Å². The third kappa shape index (κ3) is 5.52. The minimum Gasteiger partial charge on any atom is -0.334 e. The van der Waals surface area contributed by atoms with Crippen molar-refractivity contribution in [1.29, 1.82) is 0 Å². The zero-order valence-electron chi connectivity index (χ0n) is 24.0. The highest BCUT2D eigenvalue weighted by Gasteiger charge is 2.57. The Hall–Kier alpha value is -1.43. The maximum Gasteiger partial charge on any atom is 0.245 e. The van der Waals surface area contributed by atoms with Gasteiger partial charge in [0.1, 0.15) is 18.2 Å². The number of carbonyl (C=O) groups excluding carboxylic acids is 1. The Morgan fingerprint density at radius 1 is 0.971 bits per heavy atom. The fourth-order valence-electron chi connectivity index (χ4n) is 5.57. The Morgan fingerprint density at radius 2 is 1.47 bits per heavy atom. The van der Waals surface area contributed by atoms with Gasteiger partial charge in [-0.25, -0.2) is 0 Å². The summed E-state index contributed by atoms with van der Waals surface area (Å²) in [4.78, 5) is 22.6. The molecule has 1 amide bonds. The van der Waals surface area contributed by atoms with Crippen LogP contribution in [0.1, 0.15) is 106 Å². The third-order valence-corrected chi connectivity index (χ3v) is 8.35.